The quantitative estimate of drug-likeness (QED) is 0.822. The minimum atomic E-state index is -0.897. The molecular formula is C13H6F2N4O. The maximum atomic E-state index is 13.3. The second-order valence-electron chi connectivity index (χ2n) is 3.87. The molecule has 0 amide bonds. The lowest BCUT2D eigenvalue weighted by Gasteiger charge is -2.08. The second-order valence-corrected chi connectivity index (χ2v) is 3.87. The number of H-pyrrole nitrogens is 1. The molecule has 7 heteroatoms. The number of nitriles is 2. The van der Waals surface area contributed by atoms with Crippen molar-refractivity contribution in [1.82, 2.24) is 4.98 Å². The van der Waals surface area contributed by atoms with Crippen molar-refractivity contribution in [3.8, 4) is 23.3 Å². The molecule has 2 rings (SSSR count). The van der Waals surface area contributed by atoms with Crippen LogP contribution < -0.4 is 11.3 Å². The first-order valence-electron chi connectivity index (χ1n) is 5.30. The Morgan fingerprint density at radius 3 is 2.10 bits per heavy atom. The van der Waals surface area contributed by atoms with Crippen LogP contribution in [0.5, 0.6) is 0 Å². The highest BCUT2D eigenvalue weighted by atomic mass is 19.1. The molecule has 2 aromatic rings. The summed E-state index contributed by atoms with van der Waals surface area (Å²) in [5.41, 5.74) is 3.73. The highest BCUT2D eigenvalue weighted by Crippen LogP contribution is 2.29. The Bertz CT molecular complexity index is 823. The Labute approximate surface area is 111 Å². The van der Waals surface area contributed by atoms with E-state index < -0.39 is 22.8 Å². The minimum Gasteiger partial charge on any atom is -0.384 e. The van der Waals surface area contributed by atoms with Crippen molar-refractivity contribution in [1.29, 1.82) is 10.5 Å². The zero-order chi connectivity index (χ0) is 14.9. The molecule has 0 unspecified atom stereocenters. The van der Waals surface area contributed by atoms with E-state index in [1.165, 1.54) is 0 Å². The summed E-state index contributed by atoms with van der Waals surface area (Å²) in [5, 5.41) is 18.1. The van der Waals surface area contributed by atoms with Gasteiger partial charge in [0.1, 0.15) is 40.7 Å². The van der Waals surface area contributed by atoms with E-state index in [1.54, 1.807) is 12.1 Å². The van der Waals surface area contributed by atoms with E-state index in [0.29, 0.717) is 6.07 Å². The summed E-state index contributed by atoms with van der Waals surface area (Å²) < 4.78 is 26.5. The van der Waals surface area contributed by atoms with Crippen LogP contribution in [0.15, 0.2) is 23.0 Å². The van der Waals surface area contributed by atoms with E-state index in [9.17, 15) is 13.6 Å². The van der Waals surface area contributed by atoms with Crippen molar-refractivity contribution in [2.24, 2.45) is 0 Å². The standard InChI is InChI=1S/C13H6F2N4O/c14-7-1-6(2-8(15)3-7)11-9(4-16)12(18)19-13(20)10(11)5-17/h1-3H,(H3,18,19,20). The van der Waals surface area contributed by atoms with Gasteiger partial charge >= 0.3 is 0 Å². The van der Waals surface area contributed by atoms with Crippen molar-refractivity contribution >= 4 is 5.82 Å². The third-order valence-corrected chi connectivity index (χ3v) is 2.62. The van der Waals surface area contributed by atoms with Gasteiger partial charge < -0.3 is 10.7 Å². The molecule has 20 heavy (non-hydrogen) atoms. The predicted octanol–water partition coefficient (Wildman–Crippen LogP) is 1.65. The Hall–Kier alpha value is -3.19. The lowest BCUT2D eigenvalue weighted by molar-refractivity contribution is 0.584. The highest BCUT2D eigenvalue weighted by molar-refractivity contribution is 5.80. The molecule has 98 valence electrons. The fourth-order valence-electron chi connectivity index (χ4n) is 1.83. The molecule has 1 aromatic carbocycles. The van der Waals surface area contributed by atoms with E-state index >= 15 is 0 Å². The summed E-state index contributed by atoms with van der Waals surface area (Å²) in [5.74, 6) is -2.06. The first-order valence-corrected chi connectivity index (χ1v) is 5.30. The summed E-state index contributed by atoms with van der Waals surface area (Å²) in [6.07, 6.45) is 0. The molecule has 0 bridgehead atoms. The number of anilines is 1. The molecule has 0 spiro atoms. The number of pyridine rings is 1. The largest absolute Gasteiger partial charge is 0.384 e. The summed E-state index contributed by atoms with van der Waals surface area (Å²) in [6, 6.07) is 5.79. The van der Waals surface area contributed by atoms with Gasteiger partial charge in [0, 0.05) is 11.6 Å². The lowest BCUT2D eigenvalue weighted by Crippen LogP contribution is -2.16. The summed E-state index contributed by atoms with van der Waals surface area (Å²) in [7, 11) is 0. The lowest BCUT2D eigenvalue weighted by atomic mass is 9.96. The molecule has 0 saturated heterocycles. The molecule has 0 aliphatic heterocycles. The van der Waals surface area contributed by atoms with Crippen LogP contribution in [0.4, 0.5) is 14.6 Å². The van der Waals surface area contributed by atoms with Crippen molar-refractivity contribution in [3.63, 3.8) is 0 Å². The molecule has 3 N–H and O–H groups in total. The van der Waals surface area contributed by atoms with Crippen molar-refractivity contribution in [3.05, 3.63) is 51.3 Å². The number of halogens is 2. The number of nitrogens with two attached hydrogens (primary N) is 1. The Morgan fingerprint density at radius 1 is 1.05 bits per heavy atom. The van der Waals surface area contributed by atoms with Crippen LogP contribution >= 0.6 is 0 Å². The van der Waals surface area contributed by atoms with E-state index in [-0.39, 0.29) is 22.5 Å². The fraction of sp³-hybridized carbons (Fsp3) is 0. The average molecular weight is 272 g/mol. The number of nitrogens with zero attached hydrogens (tertiary/aromatic N) is 2. The maximum absolute atomic E-state index is 13.3. The molecule has 0 saturated carbocycles. The zero-order valence-electron chi connectivity index (χ0n) is 9.87. The smallest absolute Gasteiger partial charge is 0.268 e. The van der Waals surface area contributed by atoms with Gasteiger partial charge in [-0.3, -0.25) is 4.79 Å². The molecule has 0 radical (unpaired) electrons. The SMILES string of the molecule is N#Cc1c(N)[nH]c(=O)c(C#N)c1-c1cc(F)cc(F)c1. The first-order chi connectivity index (χ1) is 9.47. The normalized spacial score (nSPS) is 9.80. The van der Waals surface area contributed by atoms with E-state index in [4.69, 9.17) is 16.3 Å². The highest BCUT2D eigenvalue weighted by Gasteiger charge is 2.19. The predicted molar refractivity (Wildman–Crippen MR) is 66.3 cm³/mol. The number of hydrogen-bond acceptors (Lipinski definition) is 4. The first kappa shape index (κ1) is 13.2. The summed E-state index contributed by atoms with van der Waals surface area (Å²) in [4.78, 5) is 13.8. The molecule has 0 fully saturated rings. The van der Waals surface area contributed by atoms with Crippen LogP contribution in [-0.2, 0) is 0 Å². The van der Waals surface area contributed by atoms with Gasteiger partial charge in [-0.05, 0) is 17.7 Å². The van der Waals surface area contributed by atoms with Gasteiger partial charge in [0.2, 0.25) is 0 Å². The summed E-state index contributed by atoms with van der Waals surface area (Å²) in [6.45, 7) is 0. The van der Waals surface area contributed by atoms with Gasteiger partial charge in [-0.15, -0.1) is 0 Å². The molecule has 5 nitrogen and oxygen atoms in total. The maximum Gasteiger partial charge on any atom is 0.268 e. The molecular weight excluding hydrogens is 266 g/mol. The third kappa shape index (κ3) is 2.08. The minimum absolute atomic E-state index is 0.103. The number of aromatic amines is 1. The topological polar surface area (TPSA) is 106 Å². The van der Waals surface area contributed by atoms with Gasteiger partial charge in [0.25, 0.3) is 5.56 Å². The Kier molecular flexibility index (Phi) is 3.20. The van der Waals surface area contributed by atoms with Crippen LogP contribution in [0.25, 0.3) is 11.1 Å². The van der Waals surface area contributed by atoms with Crippen LogP contribution in [0.1, 0.15) is 11.1 Å². The van der Waals surface area contributed by atoms with Crippen LogP contribution in [0.2, 0.25) is 0 Å². The zero-order valence-corrected chi connectivity index (χ0v) is 9.87. The molecule has 0 aliphatic carbocycles. The fourth-order valence-corrected chi connectivity index (χ4v) is 1.83. The van der Waals surface area contributed by atoms with Gasteiger partial charge in [0.05, 0.1) is 0 Å². The van der Waals surface area contributed by atoms with Gasteiger partial charge in [0.15, 0.2) is 0 Å². The molecule has 1 heterocycles. The van der Waals surface area contributed by atoms with Gasteiger partial charge in [-0.25, -0.2) is 8.78 Å². The number of benzene rings is 1. The van der Waals surface area contributed by atoms with Crippen LogP contribution in [0, 0.1) is 34.3 Å². The van der Waals surface area contributed by atoms with Crippen molar-refractivity contribution in [2.75, 3.05) is 5.73 Å². The second kappa shape index (κ2) is 4.82. The average Bonchev–Trinajstić information content (AvgIpc) is 2.36. The number of aromatic nitrogens is 1. The van der Waals surface area contributed by atoms with Crippen LogP contribution in [-0.4, -0.2) is 4.98 Å². The van der Waals surface area contributed by atoms with E-state index in [0.717, 1.165) is 12.1 Å². The van der Waals surface area contributed by atoms with Crippen molar-refractivity contribution in [2.45, 2.75) is 0 Å². The van der Waals surface area contributed by atoms with Crippen LogP contribution in [0.3, 0.4) is 0 Å². The van der Waals surface area contributed by atoms with E-state index in [1.807, 2.05) is 0 Å². The summed E-state index contributed by atoms with van der Waals surface area (Å²) >= 11 is 0. The van der Waals surface area contributed by atoms with Gasteiger partial charge in [-0.2, -0.15) is 10.5 Å². The number of nitrogen functional groups attached to an aromatic ring is 1. The monoisotopic (exact) mass is 272 g/mol. The number of rotatable bonds is 1. The molecule has 0 atom stereocenters. The number of hydrogen-bond donors (Lipinski definition) is 2. The van der Waals surface area contributed by atoms with Gasteiger partial charge in [-0.1, -0.05) is 0 Å². The third-order valence-electron chi connectivity index (χ3n) is 2.62. The molecule has 1 aromatic heterocycles. The molecule has 0 aliphatic rings. The Morgan fingerprint density at radius 2 is 1.60 bits per heavy atom. The van der Waals surface area contributed by atoms with E-state index in [2.05, 4.69) is 4.98 Å². The number of nitrogens with one attached hydrogen (secondary N) is 1. The Balaban J connectivity index is 2.96. The van der Waals surface area contributed by atoms with Crippen molar-refractivity contribution < 1.29 is 8.78 Å².